The van der Waals surface area contributed by atoms with Crippen molar-refractivity contribution in [2.75, 3.05) is 13.6 Å². The molecule has 1 aromatic carbocycles. The Morgan fingerprint density at radius 2 is 2.28 bits per heavy atom. The van der Waals surface area contributed by atoms with Gasteiger partial charge in [0.25, 0.3) is 0 Å². The number of aromatic amines is 1. The summed E-state index contributed by atoms with van der Waals surface area (Å²) in [6, 6.07) is 6.01. The van der Waals surface area contributed by atoms with Gasteiger partial charge >= 0.3 is 5.76 Å². The Kier molecular flexibility index (Phi) is 2.74. The molecule has 96 valence electrons. The Bertz CT molecular complexity index is 608. The van der Waals surface area contributed by atoms with E-state index in [1.807, 2.05) is 19.2 Å². The van der Waals surface area contributed by atoms with Crippen LogP contribution in [0.2, 0.25) is 0 Å². The molecule has 18 heavy (non-hydrogen) atoms. The molecule has 0 atom stereocenters. The molecular weight excluding hydrogens is 228 g/mol. The highest BCUT2D eigenvalue weighted by Gasteiger charge is 2.36. The van der Waals surface area contributed by atoms with E-state index >= 15 is 0 Å². The van der Waals surface area contributed by atoms with E-state index in [0.29, 0.717) is 11.0 Å². The molecule has 1 aliphatic rings. The molecule has 0 saturated heterocycles. The highest BCUT2D eigenvalue weighted by molar-refractivity contribution is 5.72. The van der Waals surface area contributed by atoms with Crippen molar-refractivity contribution >= 4 is 11.1 Å². The second-order valence-corrected chi connectivity index (χ2v) is 5.41. The van der Waals surface area contributed by atoms with Crippen LogP contribution >= 0.6 is 0 Å². The summed E-state index contributed by atoms with van der Waals surface area (Å²) in [5.74, 6) is -0.379. The Morgan fingerprint density at radius 3 is 2.94 bits per heavy atom. The number of fused-ring (bicyclic) bond motifs is 1. The Labute approximate surface area is 105 Å². The van der Waals surface area contributed by atoms with Gasteiger partial charge in [-0.05, 0) is 49.4 Å². The van der Waals surface area contributed by atoms with Crippen LogP contribution in [0.15, 0.2) is 27.4 Å². The number of benzene rings is 1. The number of rotatable bonds is 4. The quantitative estimate of drug-likeness (QED) is 0.868. The van der Waals surface area contributed by atoms with Crippen molar-refractivity contribution in [2.24, 2.45) is 5.41 Å². The Hall–Kier alpha value is -1.55. The summed E-state index contributed by atoms with van der Waals surface area (Å²) >= 11 is 0. The summed E-state index contributed by atoms with van der Waals surface area (Å²) in [5.41, 5.74) is 3.09. The number of H-pyrrole nitrogens is 1. The van der Waals surface area contributed by atoms with Crippen molar-refractivity contribution in [3.8, 4) is 0 Å². The van der Waals surface area contributed by atoms with Gasteiger partial charge in [0.05, 0.1) is 5.52 Å². The molecule has 1 aliphatic carbocycles. The van der Waals surface area contributed by atoms with Crippen molar-refractivity contribution in [1.29, 1.82) is 0 Å². The van der Waals surface area contributed by atoms with Crippen LogP contribution in [0.5, 0.6) is 0 Å². The molecule has 1 heterocycles. The monoisotopic (exact) mass is 246 g/mol. The van der Waals surface area contributed by atoms with Gasteiger partial charge in [0.1, 0.15) is 0 Å². The molecule has 0 radical (unpaired) electrons. The van der Waals surface area contributed by atoms with E-state index in [-0.39, 0.29) is 5.76 Å². The lowest BCUT2D eigenvalue weighted by Crippen LogP contribution is -2.40. The van der Waals surface area contributed by atoms with Crippen LogP contribution in [-0.4, -0.2) is 18.6 Å². The first-order chi connectivity index (χ1) is 8.71. The highest BCUT2D eigenvalue weighted by Crippen LogP contribution is 2.43. The molecule has 0 bridgehead atoms. The topological polar surface area (TPSA) is 58.0 Å². The summed E-state index contributed by atoms with van der Waals surface area (Å²) in [6.07, 6.45) is 4.94. The van der Waals surface area contributed by atoms with Crippen molar-refractivity contribution in [3.63, 3.8) is 0 Å². The van der Waals surface area contributed by atoms with Crippen LogP contribution in [-0.2, 0) is 6.42 Å². The summed E-state index contributed by atoms with van der Waals surface area (Å²) < 4.78 is 5.11. The third-order valence-corrected chi connectivity index (χ3v) is 4.03. The van der Waals surface area contributed by atoms with Crippen LogP contribution in [0.1, 0.15) is 24.8 Å². The molecule has 1 saturated carbocycles. The third-order valence-electron chi connectivity index (χ3n) is 4.03. The SMILES string of the molecule is CNCC1(Cc2ccc3[nH]c(=O)oc3c2)CCC1. The predicted molar refractivity (Wildman–Crippen MR) is 70.7 cm³/mol. The van der Waals surface area contributed by atoms with Gasteiger partial charge in [-0.25, -0.2) is 4.79 Å². The lowest BCUT2D eigenvalue weighted by Gasteiger charge is -2.42. The molecule has 2 N–H and O–H groups in total. The zero-order valence-corrected chi connectivity index (χ0v) is 10.6. The minimum Gasteiger partial charge on any atom is -0.408 e. The average molecular weight is 246 g/mol. The van der Waals surface area contributed by atoms with E-state index in [4.69, 9.17) is 4.42 Å². The van der Waals surface area contributed by atoms with Gasteiger partial charge in [-0.1, -0.05) is 12.5 Å². The fourth-order valence-electron chi connectivity index (χ4n) is 3.00. The number of oxazole rings is 1. The van der Waals surface area contributed by atoms with Crippen molar-refractivity contribution in [2.45, 2.75) is 25.7 Å². The van der Waals surface area contributed by atoms with Crippen LogP contribution in [0, 0.1) is 5.41 Å². The minimum atomic E-state index is -0.379. The van der Waals surface area contributed by atoms with Gasteiger partial charge < -0.3 is 9.73 Å². The molecule has 0 amide bonds. The van der Waals surface area contributed by atoms with E-state index < -0.39 is 0 Å². The Balaban J connectivity index is 1.87. The van der Waals surface area contributed by atoms with Crippen molar-refractivity contribution < 1.29 is 4.42 Å². The van der Waals surface area contributed by atoms with Crippen molar-refractivity contribution in [3.05, 3.63) is 34.3 Å². The standard InChI is InChI=1S/C14H18N2O2/c1-15-9-14(5-2-6-14)8-10-3-4-11-12(7-10)18-13(17)16-11/h3-4,7,15H,2,5-6,8-9H2,1H3,(H,16,17). The van der Waals surface area contributed by atoms with E-state index in [2.05, 4.69) is 16.4 Å². The molecule has 2 aromatic rings. The minimum absolute atomic E-state index is 0.379. The fraction of sp³-hybridized carbons (Fsp3) is 0.500. The van der Waals surface area contributed by atoms with Crippen LogP contribution in [0.4, 0.5) is 0 Å². The lowest BCUT2D eigenvalue weighted by atomic mass is 9.65. The summed E-state index contributed by atoms with van der Waals surface area (Å²) in [7, 11) is 2.01. The van der Waals surface area contributed by atoms with Gasteiger partial charge in [-0.15, -0.1) is 0 Å². The predicted octanol–water partition coefficient (Wildman–Crippen LogP) is 2.05. The molecule has 0 spiro atoms. The van der Waals surface area contributed by atoms with Crippen LogP contribution < -0.4 is 11.1 Å². The molecule has 1 aromatic heterocycles. The zero-order valence-electron chi connectivity index (χ0n) is 10.6. The third kappa shape index (κ3) is 1.97. The van der Waals surface area contributed by atoms with Gasteiger partial charge in [0, 0.05) is 6.54 Å². The lowest BCUT2D eigenvalue weighted by molar-refractivity contribution is 0.133. The first kappa shape index (κ1) is 11.5. The second-order valence-electron chi connectivity index (χ2n) is 5.41. The summed E-state index contributed by atoms with van der Waals surface area (Å²) in [5, 5.41) is 3.29. The smallest absolute Gasteiger partial charge is 0.408 e. The molecule has 4 nitrogen and oxygen atoms in total. The molecular formula is C14H18N2O2. The van der Waals surface area contributed by atoms with E-state index in [1.165, 1.54) is 24.8 Å². The summed E-state index contributed by atoms with van der Waals surface area (Å²) in [4.78, 5) is 13.8. The van der Waals surface area contributed by atoms with Gasteiger partial charge in [-0.2, -0.15) is 0 Å². The molecule has 4 heteroatoms. The fourth-order valence-corrected chi connectivity index (χ4v) is 3.00. The van der Waals surface area contributed by atoms with E-state index in [9.17, 15) is 4.79 Å². The maximum Gasteiger partial charge on any atom is 0.417 e. The van der Waals surface area contributed by atoms with Crippen LogP contribution in [0.3, 0.4) is 0 Å². The number of hydrogen-bond donors (Lipinski definition) is 2. The second kappa shape index (κ2) is 4.28. The molecule has 0 aliphatic heterocycles. The molecule has 1 fully saturated rings. The van der Waals surface area contributed by atoms with Crippen LogP contribution in [0.25, 0.3) is 11.1 Å². The zero-order chi connectivity index (χ0) is 12.6. The maximum absolute atomic E-state index is 11.1. The van der Waals surface area contributed by atoms with Gasteiger partial charge in [-0.3, -0.25) is 4.98 Å². The number of aromatic nitrogens is 1. The van der Waals surface area contributed by atoms with Gasteiger partial charge in [0.2, 0.25) is 0 Å². The summed E-state index contributed by atoms with van der Waals surface area (Å²) in [6.45, 7) is 1.06. The highest BCUT2D eigenvalue weighted by atomic mass is 16.4. The van der Waals surface area contributed by atoms with Crippen molar-refractivity contribution in [1.82, 2.24) is 10.3 Å². The maximum atomic E-state index is 11.1. The van der Waals surface area contributed by atoms with E-state index in [1.54, 1.807) is 0 Å². The van der Waals surface area contributed by atoms with Gasteiger partial charge in [0.15, 0.2) is 5.58 Å². The normalized spacial score (nSPS) is 17.8. The molecule has 3 rings (SSSR count). The largest absolute Gasteiger partial charge is 0.417 e. The first-order valence-electron chi connectivity index (χ1n) is 6.47. The number of hydrogen-bond acceptors (Lipinski definition) is 3. The average Bonchev–Trinajstić information content (AvgIpc) is 2.65. The Morgan fingerprint density at radius 1 is 1.44 bits per heavy atom. The number of nitrogens with one attached hydrogen (secondary N) is 2. The van der Waals surface area contributed by atoms with E-state index in [0.717, 1.165) is 18.5 Å². The molecule has 0 unspecified atom stereocenters. The first-order valence-corrected chi connectivity index (χ1v) is 6.47.